The zero-order valence-electron chi connectivity index (χ0n) is 14.0. The Kier molecular flexibility index (Phi) is 5.56. The molecule has 24 heavy (non-hydrogen) atoms. The molecule has 0 spiro atoms. The van der Waals surface area contributed by atoms with Crippen molar-refractivity contribution in [3.63, 3.8) is 0 Å². The van der Waals surface area contributed by atoms with Gasteiger partial charge in [0.25, 0.3) is 5.91 Å². The molecule has 1 aromatic rings. The lowest BCUT2D eigenvalue weighted by Gasteiger charge is -2.10. The van der Waals surface area contributed by atoms with Crippen LogP contribution in [0.3, 0.4) is 0 Å². The van der Waals surface area contributed by atoms with Gasteiger partial charge in [-0.25, -0.2) is 13.1 Å². The normalized spacial score (nSPS) is 18.7. The number of sulfonamides is 1. The highest BCUT2D eigenvalue weighted by molar-refractivity contribution is 7.89. The fraction of sp³-hybridized carbons (Fsp3) is 0.611. The van der Waals surface area contributed by atoms with Gasteiger partial charge in [-0.2, -0.15) is 0 Å². The van der Waals surface area contributed by atoms with Gasteiger partial charge in [-0.3, -0.25) is 4.79 Å². The molecule has 3 rings (SSSR count). The molecule has 6 heteroatoms. The fourth-order valence-electron chi connectivity index (χ4n) is 3.29. The molecule has 0 radical (unpaired) electrons. The van der Waals surface area contributed by atoms with Crippen molar-refractivity contribution >= 4 is 15.9 Å². The number of hydrogen-bond acceptors (Lipinski definition) is 3. The van der Waals surface area contributed by atoms with Crippen molar-refractivity contribution in [1.82, 2.24) is 10.0 Å². The zero-order valence-corrected chi connectivity index (χ0v) is 14.8. The molecule has 0 aromatic heterocycles. The van der Waals surface area contributed by atoms with Gasteiger partial charge in [0, 0.05) is 18.2 Å². The lowest BCUT2D eigenvalue weighted by atomic mass is 10.0. The Morgan fingerprint density at radius 2 is 1.88 bits per heavy atom. The standard InChI is InChI=1S/C18H26N2O3S/c21-18(19-12-4-7-14-5-1-2-6-14)15-8-3-9-17(13-15)24(22,23)20-16-10-11-16/h3,8-9,13-14,16,20H,1-2,4-7,10-12H2,(H,19,21). The Bertz CT molecular complexity index is 677. The van der Waals surface area contributed by atoms with Crippen LogP contribution in [-0.4, -0.2) is 26.9 Å². The van der Waals surface area contributed by atoms with Crippen molar-refractivity contribution in [2.24, 2.45) is 5.92 Å². The Balaban J connectivity index is 1.51. The van der Waals surface area contributed by atoms with E-state index < -0.39 is 10.0 Å². The summed E-state index contributed by atoms with van der Waals surface area (Å²) in [5, 5.41) is 2.90. The van der Waals surface area contributed by atoms with E-state index >= 15 is 0 Å². The molecule has 2 fully saturated rings. The van der Waals surface area contributed by atoms with Gasteiger partial charge < -0.3 is 5.32 Å². The third-order valence-corrected chi connectivity index (χ3v) is 6.37. The summed E-state index contributed by atoms with van der Waals surface area (Å²) in [5.74, 6) is 0.619. The van der Waals surface area contributed by atoms with Gasteiger partial charge in [0.2, 0.25) is 10.0 Å². The number of carbonyl (C=O) groups is 1. The molecule has 2 N–H and O–H groups in total. The molecule has 2 saturated carbocycles. The van der Waals surface area contributed by atoms with Crippen LogP contribution in [0, 0.1) is 5.92 Å². The molecular weight excluding hydrogens is 324 g/mol. The van der Waals surface area contributed by atoms with E-state index in [-0.39, 0.29) is 16.8 Å². The van der Waals surface area contributed by atoms with Crippen LogP contribution in [0.25, 0.3) is 0 Å². The van der Waals surface area contributed by atoms with Crippen molar-refractivity contribution in [3.8, 4) is 0 Å². The monoisotopic (exact) mass is 350 g/mol. The van der Waals surface area contributed by atoms with Crippen LogP contribution < -0.4 is 10.0 Å². The highest BCUT2D eigenvalue weighted by atomic mass is 32.2. The lowest BCUT2D eigenvalue weighted by Crippen LogP contribution is -2.27. The van der Waals surface area contributed by atoms with Crippen LogP contribution in [0.4, 0.5) is 0 Å². The van der Waals surface area contributed by atoms with E-state index in [1.165, 1.54) is 44.2 Å². The minimum absolute atomic E-state index is 0.0584. The van der Waals surface area contributed by atoms with Gasteiger partial charge in [0.15, 0.2) is 0 Å². The first kappa shape index (κ1) is 17.4. The van der Waals surface area contributed by atoms with Crippen LogP contribution in [0.15, 0.2) is 29.2 Å². The van der Waals surface area contributed by atoms with Crippen LogP contribution in [0.1, 0.15) is 61.7 Å². The SMILES string of the molecule is O=C(NCCCC1CCCC1)c1cccc(S(=O)(=O)NC2CC2)c1. The summed E-state index contributed by atoms with van der Waals surface area (Å²) in [6, 6.07) is 6.32. The third kappa shape index (κ3) is 4.80. The molecule has 0 heterocycles. The highest BCUT2D eigenvalue weighted by Crippen LogP contribution is 2.28. The van der Waals surface area contributed by atoms with Crippen LogP contribution in [0.2, 0.25) is 0 Å². The molecule has 1 amide bonds. The molecule has 132 valence electrons. The van der Waals surface area contributed by atoms with Gasteiger partial charge in [-0.15, -0.1) is 0 Å². The van der Waals surface area contributed by atoms with E-state index in [1.54, 1.807) is 12.1 Å². The highest BCUT2D eigenvalue weighted by Gasteiger charge is 2.28. The fourth-order valence-corrected chi connectivity index (χ4v) is 4.64. The smallest absolute Gasteiger partial charge is 0.251 e. The molecule has 0 bridgehead atoms. The van der Waals surface area contributed by atoms with Gasteiger partial charge >= 0.3 is 0 Å². The Labute approximate surface area is 144 Å². The number of hydrogen-bond donors (Lipinski definition) is 2. The summed E-state index contributed by atoms with van der Waals surface area (Å²) in [7, 11) is -3.52. The summed E-state index contributed by atoms with van der Waals surface area (Å²) >= 11 is 0. The van der Waals surface area contributed by atoms with E-state index in [0.717, 1.165) is 25.2 Å². The molecule has 0 saturated heterocycles. The van der Waals surface area contributed by atoms with Crippen molar-refractivity contribution in [2.75, 3.05) is 6.54 Å². The zero-order chi connectivity index (χ0) is 17.0. The maximum Gasteiger partial charge on any atom is 0.251 e. The molecule has 0 atom stereocenters. The second kappa shape index (κ2) is 7.66. The summed E-state index contributed by atoms with van der Waals surface area (Å²) in [4.78, 5) is 12.4. The summed E-state index contributed by atoms with van der Waals surface area (Å²) in [6.45, 7) is 0.645. The number of nitrogens with one attached hydrogen (secondary N) is 2. The molecule has 2 aliphatic carbocycles. The predicted octanol–water partition coefficient (Wildman–Crippen LogP) is 2.83. The first-order valence-corrected chi connectivity index (χ1v) is 10.4. The second-order valence-corrected chi connectivity index (χ2v) is 8.69. The van der Waals surface area contributed by atoms with Crippen molar-refractivity contribution < 1.29 is 13.2 Å². The van der Waals surface area contributed by atoms with Crippen LogP contribution >= 0.6 is 0 Å². The Hall–Kier alpha value is -1.40. The molecular formula is C18H26N2O3S. The average Bonchev–Trinajstić information content (AvgIpc) is 3.22. The van der Waals surface area contributed by atoms with Gasteiger partial charge in [-0.1, -0.05) is 31.7 Å². The van der Waals surface area contributed by atoms with E-state index in [4.69, 9.17) is 0 Å². The van der Waals surface area contributed by atoms with E-state index in [0.29, 0.717) is 12.1 Å². The molecule has 0 unspecified atom stereocenters. The minimum Gasteiger partial charge on any atom is -0.352 e. The first-order chi connectivity index (χ1) is 11.5. The Morgan fingerprint density at radius 3 is 2.58 bits per heavy atom. The van der Waals surface area contributed by atoms with Crippen molar-refractivity contribution in [1.29, 1.82) is 0 Å². The van der Waals surface area contributed by atoms with Gasteiger partial charge in [0.1, 0.15) is 0 Å². The number of rotatable bonds is 8. The largest absolute Gasteiger partial charge is 0.352 e. The number of benzene rings is 1. The topological polar surface area (TPSA) is 75.3 Å². The molecule has 0 aliphatic heterocycles. The second-order valence-electron chi connectivity index (χ2n) is 6.97. The summed E-state index contributed by atoms with van der Waals surface area (Å²) in [5.41, 5.74) is 0.398. The minimum atomic E-state index is -3.52. The third-order valence-electron chi connectivity index (χ3n) is 4.86. The molecule has 5 nitrogen and oxygen atoms in total. The first-order valence-electron chi connectivity index (χ1n) is 8.95. The average molecular weight is 350 g/mol. The quantitative estimate of drug-likeness (QED) is 0.708. The van der Waals surface area contributed by atoms with Gasteiger partial charge in [-0.05, 0) is 49.8 Å². The van der Waals surface area contributed by atoms with E-state index in [9.17, 15) is 13.2 Å². The lowest BCUT2D eigenvalue weighted by molar-refractivity contribution is 0.0952. The number of carbonyl (C=O) groups excluding carboxylic acids is 1. The van der Waals surface area contributed by atoms with Crippen molar-refractivity contribution in [3.05, 3.63) is 29.8 Å². The van der Waals surface area contributed by atoms with Gasteiger partial charge in [0.05, 0.1) is 4.90 Å². The summed E-state index contributed by atoms with van der Waals surface area (Å²) < 4.78 is 27.1. The number of amides is 1. The van der Waals surface area contributed by atoms with Crippen molar-refractivity contribution in [2.45, 2.75) is 62.3 Å². The van der Waals surface area contributed by atoms with Crippen LogP contribution in [-0.2, 0) is 10.0 Å². The van der Waals surface area contributed by atoms with E-state index in [1.807, 2.05) is 0 Å². The maximum atomic E-state index is 12.2. The van der Waals surface area contributed by atoms with E-state index in [2.05, 4.69) is 10.0 Å². The Morgan fingerprint density at radius 1 is 1.12 bits per heavy atom. The predicted molar refractivity (Wildman–Crippen MR) is 93.3 cm³/mol. The molecule has 2 aliphatic rings. The maximum absolute atomic E-state index is 12.2. The summed E-state index contributed by atoms with van der Waals surface area (Å²) in [6.07, 6.45) is 9.25. The van der Waals surface area contributed by atoms with Crippen LogP contribution in [0.5, 0.6) is 0 Å². The molecule has 1 aromatic carbocycles.